The van der Waals surface area contributed by atoms with Gasteiger partial charge in [0.05, 0.1) is 4.90 Å². The average Bonchev–Trinajstić information content (AvgIpc) is 2.73. The van der Waals surface area contributed by atoms with Crippen molar-refractivity contribution in [2.45, 2.75) is 4.90 Å². The van der Waals surface area contributed by atoms with Crippen molar-refractivity contribution >= 4 is 37.1 Å². The van der Waals surface area contributed by atoms with Gasteiger partial charge in [-0.05, 0) is 47.5 Å². The Morgan fingerprint density at radius 2 is 1.43 bits per heavy atom. The molecule has 1 aromatic heterocycles. The Morgan fingerprint density at radius 1 is 0.833 bits per heavy atom. The zero-order valence-electron chi connectivity index (χ0n) is 16.5. The number of anilines is 1. The van der Waals surface area contributed by atoms with E-state index in [0.29, 0.717) is 10.9 Å². The Bertz CT molecular complexity index is 1390. The van der Waals surface area contributed by atoms with E-state index >= 15 is 0 Å². The Morgan fingerprint density at radius 3 is 2.03 bits per heavy atom. The highest BCUT2D eigenvalue weighted by atomic mass is 32.2. The summed E-state index contributed by atoms with van der Waals surface area (Å²) in [7, 11) is 0.143. The highest BCUT2D eigenvalue weighted by Crippen LogP contribution is 2.37. The Labute approximate surface area is 179 Å². The number of rotatable bonds is 4. The Kier molecular flexibility index (Phi) is 5.19. The van der Waals surface area contributed by atoms with Crippen LogP contribution in [0.4, 0.5) is 5.69 Å². The Balaban J connectivity index is 1.98. The van der Waals surface area contributed by atoms with Gasteiger partial charge in [0, 0.05) is 40.3 Å². The molecule has 0 aliphatic carbocycles. The van der Waals surface area contributed by atoms with Crippen LogP contribution in [-0.4, -0.2) is 22.5 Å². The van der Waals surface area contributed by atoms with Crippen LogP contribution in [-0.2, 0) is 10.0 Å². The summed E-state index contributed by atoms with van der Waals surface area (Å²) < 4.78 is 24.1. The zero-order chi connectivity index (χ0) is 21.5. The van der Waals surface area contributed by atoms with Crippen LogP contribution in [0.1, 0.15) is 0 Å². The first-order valence-corrected chi connectivity index (χ1v) is 11.6. The third-order valence-electron chi connectivity index (χ3n) is 4.92. The number of nitrogens with zero attached hydrogens (tertiary/aromatic N) is 1. The number of sulfonamides is 1. The third kappa shape index (κ3) is 3.75. The highest BCUT2D eigenvalue weighted by molar-refractivity contribution is 7.89. The van der Waals surface area contributed by atoms with Gasteiger partial charge >= 0.3 is 0 Å². The molecule has 0 radical (unpaired) electrons. The van der Waals surface area contributed by atoms with Crippen molar-refractivity contribution in [3.8, 4) is 21.6 Å². The van der Waals surface area contributed by atoms with Crippen LogP contribution in [0.3, 0.4) is 0 Å². The maximum atomic E-state index is 13.4. The maximum Gasteiger partial charge on any atom is 0.238 e. The number of primary sulfonamides is 1. The smallest absolute Gasteiger partial charge is 0.238 e. The van der Waals surface area contributed by atoms with Gasteiger partial charge in [0.25, 0.3) is 0 Å². The van der Waals surface area contributed by atoms with E-state index < -0.39 is 10.0 Å². The molecule has 7 heteroatoms. The van der Waals surface area contributed by atoms with Crippen LogP contribution in [0, 0.1) is 0 Å². The van der Waals surface area contributed by atoms with E-state index in [2.05, 4.69) is 0 Å². The molecular formula is C23H20N2O3S2. The molecule has 0 atom stereocenters. The number of hydrogen-bond acceptors (Lipinski definition) is 5. The monoisotopic (exact) mass is 436 g/mol. The van der Waals surface area contributed by atoms with Crippen molar-refractivity contribution in [1.29, 1.82) is 0 Å². The average molecular weight is 437 g/mol. The van der Waals surface area contributed by atoms with E-state index in [9.17, 15) is 13.2 Å². The summed E-state index contributed by atoms with van der Waals surface area (Å²) in [4.78, 5) is 16.3. The number of nitrogens with two attached hydrogens (primary N) is 1. The van der Waals surface area contributed by atoms with Gasteiger partial charge in [-0.15, -0.1) is 11.3 Å². The second-order valence-corrected chi connectivity index (χ2v) is 9.76. The molecule has 152 valence electrons. The minimum atomic E-state index is -3.78. The largest absolute Gasteiger partial charge is 0.378 e. The van der Waals surface area contributed by atoms with Crippen LogP contribution in [0.15, 0.2) is 82.5 Å². The second-order valence-electron chi connectivity index (χ2n) is 7.14. The first-order chi connectivity index (χ1) is 14.3. The van der Waals surface area contributed by atoms with E-state index in [1.54, 1.807) is 12.1 Å². The predicted molar refractivity (Wildman–Crippen MR) is 125 cm³/mol. The molecule has 30 heavy (non-hydrogen) atoms. The summed E-state index contributed by atoms with van der Waals surface area (Å²) in [5, 5.41) is 5.89. The van der Waals surface area contributed by atoms with Gasteiger partial charge in [0.1, 0.15) is 0 Å². The lowest BCUT2D eigenvalue weighted by Crippen LogP contribution is -2.12. The SMILES string of the molecule is CN(C)c1ccc(-c2c(-c3ccc(S(N)(=O)=O)cc3)sc3ccccc3c2=O)cc1. The molecule has 2 N–H and O–H groups in total. The minimum absolute atomic E-state index is 0.0382. The molecule has 4 rings (SSSR count). The minimum Gasteiger partial charge on any atom is -0.378 e. The quantitative estimate of drug-likeness (QED) is 0.517. The molecule has 0 fully saturated rings. The van der Waals surface area contributed by atoms with E-state index in [0.717, 1.165) is 26.4 Å². The normalized spacial score (nSPS) is 11.6. The van der Waals surface area contributed by atoms with Crippen molar-refractivity contribution in [3.63, 3.8) is 0 Å². The van der Waals surface area contributed by atoms with E-state index in [4.69, 9.17) is 5.14 Å². The first kappa shape index (κ1) is 20.3. The topological polar surface area (TPSA) is 80.5 Å². The highest BCUT2D eigenvalue weighted by Gasteiger charge is 2.17. The molecule has 0 saturated carbocycles. The fraction of sp³-hybridized carbons (Fsp3) is 0.0870. The molecular weight excluding hydrogens is 416 g/mol. The first-order valence-electron chi connectivity index (χ1n) is 9.22. The standard InChI is InChI=1S/C23H20N2O3S2/c1-25(2)17-11-7-15(8-12-17)21-22(26)19-5-3-4-6-20(19)29-23(21)16-9-13-18(14-10-16)30(24,27)28/h3-14H,1-2H3,(H2,24,27,28). The Hall–Kier alpha value is -3.00. The van der Waals surface area contributed by atoms with Gasteiger partial charge in [0.2, 0.25) is 10.0 Å². The zero-order valence-corrected chi connectivity index (χ0v) is 18.1. The van der Waals surface area contributed by atoms with Crippen LogP contribution in [0.25, 0.3) is 31.7 Å². The van der Waals surface area contributed by atoms with E-state index in [-0.39, 0.29) is 10.3 Å². The summed E-state index contributed by atoms with van der Waals surface area (Å²) in [6.45, 7) is 0. The van der Waals surface area contributed by atoms with Crippen molar-refractivity contribution in [2.75, 3.05) is 19.0 Å². The van der Waals surface area contributed by atoms with Crippen LogP contribution >= 0.6 is 11.3 Å². The lowest BCUT2D eigenvalue weighted by atomic mass is 10.00. The van der Waals surface area contributed by atoms with Crippen LogP contribution in [0.2, 0.25) is 0 Å². The van der Waals surface area contributed by atoms with Gasteiger partial charge in [-0.3, -0.25) is 4.79 Å². The van der Waals surface area contributed by atoms with Gasteiger partial charge in [0.15, 0.2) is 5.43 Å². The van der Waals surface area contributed by atoms with Gasteiger partial charge in [-0.1, -0.05) is 36.4 Å². The van der Waals surface area contributed by atoms with Crippen LogP contribution in [0.5, 0.6) is 0 Å². The number of hydrogen-bond donors (Lipinski definition) is 1. The molecule has 0 amide bonds. The van der Waals surface area contributed by atoms with Gasteiger partial charge < -0.3 is 4.90 Å². The van der Waals surface area contributed by atoms with Gasteiger partial charge in [-0.2, -0.15) is 0 Å². The molecule has 0 unspecified atom stereocenters. The van der Waals surface area contributed by atoms with Crippen molar-refractivity contribution in [1.82, 2.24) is 0 Å². The molecule has 3 aromatic carbocycles. The second kappa shape index (κ2) is 7.68. The molecule has 0 aliphatic rings. The molecule has 0 aliphatic heterocycles. The van der Waals surface area contributed by atoms with E-state index in [1.165, 1.54) is 23.5 Å². The van der Waals surface area contributed by atoms with E-state index in [1.807, 2.05) is 67.5 Å². The predicted octanol–water partition coefficient (Wildman–Crippen LogP) is 4.31. The summed E-state index contributed by atoms with van der Waals surface area (Å²) in [5.41, 5.74) is 3.18. The fourth-order valence-corrected chi connectivity index (χ4v) is 5.05. The summed E-state index contributed by atoms with van der Waals surface area (Å²) >= 11 is 1.51. The number of benzene rings is 3. The maximum absolute atomic E-state index is 13.4. The molecule has 4 aromatic rings. The summed E-state index contributed by atoms with van der Waals surface area (Å²) in [5.74, 6) is 0. The molecule has 5 nitrogen and oxygen atoms in total. The molecule has 1 heterocycles. The molecule has 0 spiro atoms. The van der Waals surface area contributed by atoms with Crippen LogP contribution < -0.4 is 15.5 Å². The van der Waals surface area contributed by atoms with Crippen molar-refractivity contribution < 1.29 is 8.42 Å². The van der Waals surface area contributed by atoms with Crippen molar-refractivity contribution in [3.05, 3.63) is 83.0 Å². The summed E-state index contributed by atoms with van der Waals surface area (Å²) in [6, 6.07) is 21.7. The lowest BCUT2D eigenvalue weighted by Gasteiger charge is -2.14. The molecule has 0 saturated heterocycles. The summed E-state index contributed by atoms with van der Waals surface area (Å²) in [6.07, 6.45) is 0. The third-order valence-corrected chi connectivity index (χ3v) is 7.06. The molecule has 0 bridgehead atoms. The van der Waals surface area contributed by atoms with Crippen molar-refractivity contribution in [2.24, 2.45) is 5.14 Å². The fourth-order valence-electron chi connectivity index (χ4n) is 3.33. The van der Waals surface area contributed by atoms with Gasteiger partial charge in [-0.25, -0.2) is 13.6 Å². The number of fused-ring (bicyclic) bond motifs is 1. The lowest BCUT2D eigenvalue weighted by molar-refractivity contribution is 0.598.